The fraction of sp³-hybridized carbons (Fsp3) is 0.143. The number of thiocarbonyl (C=S) groups is 1. The number of benzene rings is 2. The van der Waals surface area contributed by atoms with Crippen LogP contribution in [0.3, 0.4) is 0 Å². The van der Waals surface area contributed by atoms with Gasteiger partial charge < -0.3 is 14.6 Å². The fourth-order valence-electron chi connectivity index (χ4n) is 3.19. The zero-order chi connectivity index (χ0) is 20.5. The van der Waals surface area contributed by atoms with Crippen LogP contribution in [0, 0.1) is 0 Å². The zero-order valence-electron chi connectivity index (χ0n) is 15.5. The summed E-state index contributed by atoms with van der Waals surface area (Å²) in [7, 11) is 1.66. The van der Waals surface area contributed by atoms with Gasteiger partial charge in [-0.15, -0.1) is 0 Å². The van der Waals surface area contributed by atoms with Gasteiger partial charge in [0.25, 0.3) is 5.91 Å². The summed E-state index contributed by atoms with van der Waals surface area (Å²) in [6.07, 6.45) is 3.84. The number of nitrogens with zero attached hydrogens (tertiary/aromatic N) is 2. The molecule has 0 bridgehead atoms. The smallest absolute Gasteiger partial charge is 0.276 e. The minimum atomic E-state index is -0.145. The maximum Gasteiger partial charge on any atom is 0.276 e. The maximum atomic E-state index is 12.3. The number of carbonyl (C=O) groups is 1. The molecule has 1 fully saturated rings. The number of carbonyl (C=O) groups excluding carboxylic acids is 1. The first-order valence-electron chi connectivity index (χ1n) is 8.90. The van der Waals surface area contributed by atoms with Crippen molar-refractivity contribution in [1.82, 2.24) is 14.8 Å². The summed E-state index contributed by atoms with van der Waals surface area (Å²) >= 11 is 14.8. The first-order valence-corrected chi connectivity index (χ1v) is 10.5. The van der Waals surface area contributed by atoms with E-state index in [0.29, 0.717) is 34.7 Å². The van der Waals surface area contributed by atoms with Crippen molar-refractivity contribution in [2.75, 3.05) is 13.7 Å². The molecule has 0 saturated carbocycles. The van der Waals surface area contributed by atoms with Gasteiger partial charge in [-0.25, -0.2) is 0 Å². The minimum Gasteiger partial charge on any atom is -0.490 e. The Morgan fingerprint density at radius 1 is 1.28 bits per heavy atom. The third-order valence-corrected chi connectivity index (χ3v) is 5.86. The predicted octanol–water partition coefficient (Wildman–Crippen LogP) is 4.82. The first kappa shape index (κ1) is 19.9. The summed E-state index contributed by atoms with van der Waals surface area (Å²) < 4.78 is 8.90. The van der Waals surface area contributed by atoms with Crippen LogP contribution in [0.15, 0.2) is 58.8 Å². The molecule has 0 aliphatic carbocycles. The summed E-state index contributed by atoms with van der Waals surface area (Å²) in [6, 6.07) is 13.5. The summed E-state index contributed by atoms with van der Waals surface area (Å²) in [5.41, 5.74) is 2.43. The van der Waals surface area contributed by atoms with Crippen LogP contribution in [0.25, 0.3) is 17.0 Å². The molecule has 1 amide bonds. The molecule has 0 atom stereocenters. The molecule has 1 N–H and O–H groups in total. The largest absolute Gasteiger partial charge is 0.490 e. The molecule has 1 aliphatic heterocycles. The summed E-state index contributed by atoms with van der Waals surface area (Å²) in [4.78, 5) is 13.8. The lowest BCUT2D eigenvalue weighted by molar-refractivity contribution is -0.121. The molecule has 0 spiro atoms. The van der Waals surface area contributed by atoms with E-state index < -0.39 is 0 Å². The summed E-state index contributed by atoms with van der Waals surface area (Å²) in [6.45, 7) is 1.09. The van der Waals surface area contributed by atoms with E-state index in [2.05, 4.69) is 25.8 Å². The molecule has 3 aromatic rings. The SMILES string of the molecule is CN1C(=O)/C(=C/c2cn(CCOc3ccccc3Cl)c3ccc(Br)cc23)NC1=S. The Morgan fingerprint density at radius 3 is 2.79 bits per heavy atom. The van der Waals surface area contributed by atoms with E-state index in [4.69, 9.17) is 28.6 Å². The van der Waals surface area contributed by atoms with Gasteiger partial charge in [0.15, 0.2) is 5.11 Å². The van der Waals surface area contributed by atoms with Gasteiger partial charge in [0.2, 0.25) is 0 Å². The topological polar surface area (TPSA) is 46.5 Å². The molecule has 4 rings (SSSR count). The van der Waals surface area contributed by atoms with Gasteiger partial charge in [-0.2, -0.15) is 0 Å². The van der Waals surface area contributed by atoms with Gasteiger partial charge in [0.05, 0.1) is 11.6 Å². The molecule has 1 aromatic heterocycles. The Labute approximate surface area is 187 Å². The molecule has 5 nitrogen and oxygen atoms in total. The van der Waals surface area contributed by atoms with E-state index in [9.17, 15) is 4.79 Å². The van der Waals surface area contributed by atoms with E-state index in [-0.39, 0.29) is 5.91 Å². The average molecular weight is 491 g/mol. The van der Waals surface area contributed by atoms with Crippen molar-refractivity contribution >= 4 is 67.7 Å². The number of para-hydroxylation sites is 1. The number of halogens is 2. The molecule has 2 heterocycles. The normalized spacial score (nSPS) is 15.4. The number of hydrogen-bond acceptors (Lipinski definition) is 3. The van der Waals surface area contributed by atoms with Crippen LogP contribution in [-0.2, 0) is 11.3 Å². The predicted molar refractivity (Wildman–Crippen MR) is 123 cm³/mol. The highest BCUT2D eigenvalue weighted by Crippen LogP contribution is 2.28. The number of aromatic nitrogens is 1. The van der Waals surface area contributed by atoms with Crippen LogP contribution in [0.5, 0.6) is 5.75 Å². The summed E-state index contributed by atoms with van der Waals surface area (Å²) in [5.74, 6) is 0.515. The second kappa shape index (κ2) is 8.18. The van der Waals surface area contributed by atoms with E-state index in [1.54, 1.807) is 13.1 Å². The average Bonchev–Trinajstić information content (AvgIpc) is 3.15. The van der Waals surface area contributed by atoms with Crippen molar-refractivity contribution in [3.8, 4) is 5.75 Å². The van der Waals surface area contributed by atoms with Crippen molar-refractivity contribution < 1.29 is 9.53 Å². The molecule has 148 valence electrons. The van der Waals surface area contributed by atoms with Crippen molar-refractivity contribution in [2.45, 2.75) is 6.54 Å². The molecule has 0 unspecified atom stereocenters. The Balaban J connectivity index is 1.63. The van der Waals surface area contributed by atoms with Crippen LogP contribution in [0.4, 0.5) is 0 Å². The number of likely N-dealkylation sites (N-methyl/N-ethyl adjacent to an activating group) is 1. The minimum absolute atomic E-state index is 0.145. The van der Waals surface area contributed by atoms with Crippen molar-refractivity contribution in [1.29, 1.82) is 0 Å². The second-order valence-electron chi connectivity index (χ2n) is 6.57. The summed E-state index contributed by atoms with van der Waals surface area (Å²) in [5, 5.41) is 4.99. The third kappa shape index (κ3) is 4.03. The lowest BCUT2D eigenvalue weighted by Gasteiger charge is -2.09. The van der Waals surface area contributed by atoms with Crippen LogP contribution < -0.4 is 10.1 Å². The van der Waals surface area contributed by atoms with E-state index in [1.165, 1.54) is 4.90 Å². The second-order valence-corrected chi connectivity index (χ2v) is 8.28. The van der Waals surface area contributed by atoms with Crippen molar-refractivity contribution in [3.05, 3.63) is 69.4 Å². The Morgan fingerprint density at radius 2 is 2.07 bits per heavy atom. The number of fused-ring (bicyclic) bond motifs is 1. The molecule has 1 saturated heterocycles. The molecular weight excluding hydrogens is 474 g/mol. The standard InChI is InChI=1S/C21H17BrClN3O2S/c1-25-20(27)17(24-21(25)29)10-13-12-26(18-7-6-14(22)11-15(13)18)8-9-28-19-5-3-2-4-16(19)23/h2-7,10-12H,8-9H2,1H3,(H,24,29)/b17-10-. The highest BCUT2D eigenvalue weighted by atomic mass is 79.9. The van der Waals surface area contributed by atoms with Crippen LogP contribution in [0.1, 0.15) is 5.56 Å². The van der Waals surface area contributed by atoms with Gasteiger partial charge in [-0.3, -0.25) is 9.69 Å². The quantitative estimate of drug-likeness (QED) is 0.411. The maximum absolute atomic E-state index is 12.3. The lowest BCUT2D eigenvalue weighted by atomic mass is 10.1. The van der Waals surface area contributed by atoms with Crippen molar-refractivity contribution in [2.24, 2.45) is 0 Å². The van der Waals surface area contributed by atoms with Crippen LogP contribution in [0.2, 0.25) is 5.02 Å². The molecule has 1 aliphatic rings. The Bertz CT molecular complexity index is 1160. The van der Waals surface area contributed by atoms with E-state index in [0.717, 1.165) is 20.9 Å². The van der Waals surface area contributed by atoms with Gasteiger partial charge in [0.1, 0.15) is 18.1 Å². The highest BCUT2D eigenvalue weighted by molar-refractivity contribution is 9.10. The number of rotatable bonds is 5. The number of amides is 1. The highest BCUT2D eigenvalue weighted by Gasteiger charge is 2.27. The monoisotopic (exact) mass is 489 g/mol. The molecule has 29 heavy (non-hydrogen) atoms. The molecule has 8 heteroatoms. The van der Waals surface area contributed by atoms with Crippen molar-refractivity contribution in [3.63, 3.8) is 0 Å². The molecule has 0 radical (unpaired) electrons. The first-order chi connectivity index (χ1) is 13.9. The number of ether oxygens (including phenoxy) is 1. The number of nitrogens with one attached hydrogen (secondary N) is 1. The third-order valence-electron chi connectivity index (χ3n) is 4.68. The lowest BCUT2D eigenvalue weighted by Crippen LogP contribution is -2.25. The van der Waals surface area contributed by atoms with Gasteiger partial charge in [0, 0.05) is 34.2 Å². The number of hydrogen-bond donors (Lipinski definition) is 1. The molecule has 2 aromatic carbocycles. The van der Waals surface area contributed by atoms with Gasteiger partial charge >= 0.3 is 0 Å². The van der Waals surface area contributed by atoms with Gasteiger partial charge in [-0.1, -0.05) is 39.7 Å². The van der Waals surface area contributed by atoms with Crippen LogP contribution >= 0.6 is 39.7 Å². The Kier molecular flexibility index (Phi) is 5.63. The van der Waals surface area contributed by atoms with Crippen LogP contribution in [-0.4, -0.2) is 34.1 Å². The Hall–Kier alpha value is -2.35. The van der Waals surface area contributed by atoms with E-state index in [1.807, 2.05) is 48.7 Å². The zero-order valence-corrected chi connectivity index (χ0v) is 18.6. The fourth-order valence-corrected chi connectivity index (χ4v) is 3.94. The molecular formula is C21H17BrClN3O2S. The van der Waals surface area contributed by atoms with Gasteiger partial charge in [-0.05, 0) is 48.6 Å². The van der Waals surface area contributed by atoms with E-state index >= 15 is 0 Å².